The van der Waals surface area contributed by atoms with Crippen LogP contribution in [0.15, 0.2) is 24.3 Å². The van der Waals surface area contributed by atoms with Gasteiger partial charge in [-0.15, -0.1) is 0 Å². The molecule has 0 amide bonds. The van der Waals surface area contributed by atoms with Gasteiger partial charge in [-0.05, 0) is 38.0 Å². The zero-order valence-electron chi connectivity index (χ0n) is 10.9. The van der Waals surface area contributed by atoms with Crippen LogP contribution in [0.5, 0.6) is 5.75 Å². The summed E-state index contributed by atoms with van der Waals surface area (Å²) >= 11 is 0. The van der Waals surface area contributed by atoms with Gasteiger partial charge in [-0.1, -0.05) is 19.1 Å². The number of carbonyl (C=O) groups is 1. The Balaban J connectivity index is 2.64. The quantitative estimate of drug-likeness (QED) is 0.734. The summed E-state index contributed by atoms with van der Waals surface area (Å²) in [6.07, 6.45) is 0.975. The van der Waals surface area contributed by atoms with E-state index in [9.17, 15) is 4.79 Å². The smallest absolute Gasteiger partial charge is 0.303 e. The van der Waals surface area contributed by atoms with Crippen LogP contribution in [0.2, 0.25) is 0 Å². The molecule has 17 heavy (non-hydrogen) atoms. The van der Waals surface area contributed by atoms with E-state index in [1.54, 1.807) is 0 Å². The third kappa shape index (κ3) is 4.47. The molecular formula is C14H20O3. The summed E-state index contributed by atoms with van der Waals surface area (Å²) < 4.78 is 10.8. The maximum atomic E-state index is 10.8. The molecular weight excluding hydrogens is 216 g/mol. The summed E-state index contributed by atoms with van der Waals surface area (Å²) in [6.45, 7) is 7.39. The second-order valence-corrected chi connectivity index (χ2v) is 4.16. The number of hydrogen-bond acceptors (Lipinski definition) is 3. The molecule has 0 spiro atoms. The first-order valence-corrected chi connectivity index (χ1v) is 5.96. The summed E-state index contributed by atoms with van der Waals surface area (Å²) in [5.74, 6) is 0.579. The molecule has 1 rings (SSSR count). The Kier molecular flexibility index (Phi) is 5.01. The molecule has 0 radical (unpaired) electrons. The summed E-state index contributed by atoms with van der Waals surface area (Å²) in [7, 11) is 0. The lowest BCUT2D eigenvalue weighted by Gasteiger charge is -2.15. The number of ether oxygens (including phenoxy) is 2. The maximum Gasteiger partial charge on any atom is 0.303 e. The van der Waals surface area contributed by atoms with Gasteiger partial charge in [0.25, 0.3) is 0 Å². The van der Waals surface area contributed by atoms with Crippen LogP contribution in [-0.4, -0.2) is 12.1 Å². The lowest BCUT2D eigenvalue weighted by molar-refractivity contribution is -0.145. The second-order valence-electron chi connectivity index (χ2n) is 4.16. The molecule has 1 aromatic rings. The molecule has 0 saturated carbocycles. The minimum atomic E-state index is -0.266. The van der Waals surface area contributed by atoms with Gasteiger partial charge in [0.15, 0.2) is 0 Å². The Morgan fingerprint density at radius 3 is 2.29 bits per heavy atom. The Hall–Kier alpha value is -1.51. The number of esters is 1. The largest absolute Gasteiger partial charge is 0.491 e. The van der Waals surface area contributed by atoms with Gasteiger partial charge < -0.3 is 9.47 Å². The summed E-state index contributed by atoms with van der Waals surface area (Å²) in [5, 5.41) is 0. The minimum Gasteiger partial charge on any atom is -0.491 e. The lowest BCUT2D eigenvalue weighted by atomic mass is 10.1. The lowest BCUT2D eigenvalue weighted by Crippen LogP contribution is -2.10. The van der Waals surface area contributed by atoms with Crippen LogP contribution in [0.25, 0.3) is 0 Å². The van der Waals surface area contributed by atoms with E-state index in [-0.39, 0.29) is 18.2 Å². The van der Waals surface area contributed by atoms with Crippen molar-refractivity contribution in [2.75, 3.05) is 0 Å². The van der Waals surface area contributed by atoms with E-state index in [1.807, 2.05) is 38.1 Å². The van der Waals surface area contributed by atoms with E-state index < -0.39 is 0 Å². The molecule has 3 nitrogen and oxygen atoms in total. The molecule has 0 N–H and O–H groups in total. The molecule has 0 aliphatic rings. The van der Waals surface area contributed by atoms with Crippen molar-refractivity contribution in [3.63, 3.8) is 0 Å². The van der Waals surface area contributed by atoms with Crippen molar-refractivity contribution in [3.8, 4) is 5.75 Å². The normalized spacial score (nSPS) is 13.9. The molecule has 0 saturated heterocycles. The van der Waals surface area contributed by atoms with Crippen molar-refractivity contribution < 1.29 is 14.3 Å². The molecule has 1 aromatic carbocycles. The highest BCUT2D eigenvalue weighted by Crippen LogP contribution is 2.21. The van der Waals surface area contributed by atoms with Crippen LogP contribution in [-0.2, 0) is 9.53 Å². The molecule has 0 heterocycles. The Bertz CT molecular complexity index is 356. The van der Waals surface area contributed by atoms with Crippen LogP contribution in [0, 0.1) is 0 Å². The first-order valence-electron chi connectivity index (χ1n) is 5.96. The Morgan fingerprint density at radius 1 is 1.24 bits per heavy atom. The van der Waals surface area contributed by atoms with Gasteiger partial charge in [0, 0.05) is 6.92 Å². The molecule has 0 aliphatic carbocycles. The monoisotopic (exact) mass is 236 g/mol. The van der Waals surface area contributed by atoms with Crippen LogP contribution >= 0.6 is 0 Å². The van der Waals surface area contributed by atoms with Crippen LogP contribution in [0.3, 0.4) is 0 Å². The summed E-state index contributed by atoms with van der Waals surface area (Å²) in [5.41, 5.74) is 0.969. The van der Waals surface area contributed by atoms with E-state index in [0.29, 0.717) is 0 Å². The molecule has 94 valence electrons. The van der Waals surface area contributed by atoms with E-state index in [4.69, 9.17) is 9.47 Å². The van der Waals surface area contributed by atoms with Crippen molar-refractivity contribution in [2.45, 2.75) is 46.3 Å². The van der Waals surface area contributed by atoms with Crippen LogP contribution in [0.1, 0.15) is 45.8 Å². The highest BCUT2D eigenvalue weighted by atomic mass is 16.5. The van der Waals surface area contributed by atoms with Crippen LogP contribution in [0.4, 0.5) is 0 Å². The summed E-state index contributed by atoms with van der Waals surface area (Å²) in [6, 6.07) is 7.65. The third-order valence-electron chi connectivity index (χ3n) is 2.60. The molecule has 0 aliphatic heterocycles. The summed E-state index contributed by atoms with van der Waals surface area (Å²) in [4.78, 5) is 10.8. The van der Waals surface area contributed by atoms with Crippen molar-refractivity contribution >= 4 is 5.97 Å². The first-order chi connectivity index (χ1) is 8.02. The molecule has 3 heteroatoms. The molecule has 2 unspecified atom stereocenters. The maximum absolute atomic E-state index is 10.8. The van der Waals surface area contributed by atoms with E-state index in [0.717, 1.165) is 17.7 Å². The zero-order chi connectivity index (χ0) is 12.8. The Morgan fingerprint density at radius 2 is 1.82 bits per heavy atom. The molecule has 2 atom stereocenters. The fourth-order valence-electron chi connectivity index (χ4n) is 1.45. The average Bonchev–Trinajstić information content (AvgIpc) is 2.28. The molecule has 0 aromatic heterocycles. The number of carbonyl (C=O) groups excluding carboxylic acids is 1. The van der Waals surface area contributed by atoms with Gasteiger partial charge >= 0.3 is 5.97 Å². The molecule has 0 bridgehead atoms. The van der Waals surface area contributed by atoms with Crippen LogP contribution < -0.4 is 4.74 Å². The fourth-order valence-corrected chi connectivity index (χ4v) is 1.45. The van der Waals surface area contributed by atoms with E-state index >= 15 is 0 Å². The fraction of sp³-hybridized carbons (Fsp3) is 0.500. The molecule has 0 fully saturated rings. The van der Waals surface area contributed by atoms with Gasteiger partial charge in [0.2, 0.25) is 0 Å². The zero-order valence-corrected chi connectivity index (χ0v) is 10.9. The van der Waals surface area contributed by atoms with Crippen molar-refractivity contribution in [3.05, 3.63) is 29.8 Å². The van der Waals surface area contributed by atoms with Gasteiger partial charge in [-0.3, -0.25) is 4.79 Å². The number of hydrogen-bond donors (Lipinski definition) is 0. The number of benzene rings is 1. The topological polar surface area (TPSA) is 35.5 Å². The van der Waals surface area contributed by atoms with E-state index in [2.05, 4.69) is 6.92 Å². The van der Waals surface area contributed by atoms with Gasteiger partial charge in [-0.25, -0.2) is 0 Å². The predicted molar refractivity (Wildman–Crippen MR) is 67.0 cm³/mol. The minimum absolute atomic E-state index is 0.215. The predicted octanol–water partition coefficient (Wildman–Crippen LogP) is 3.49. The van der Waals surface area contributed by atoms with Gasteiger partial charge in [-0.2, -0.15) is 0 Å². The SMILES string of the molecule is CCC(C)Oc1ccc(C(C)OC(C)=O)cc1. The van der Waals surface area contributed by atoms with Crippen molar-refractivity contribution in [1.29, 1.82) is 0 Å². The highest BCUT2D eigenvalue weighted by molar-refractivity contribution is 5.66. The second kappa shape index (κ2) is 6.28. The van der Waals surface area contributed by atoms with Gasteiger partial charge in [0.1, 0.15) is 11.9 Å². The standard InChI is InChI=1S/C14H20O3/c1-5-10(2)16-14-8-6-13(7-9-14)11(3)17-12(4)15/h6-11H,5H2,1-4H3. The van der Waals surface area contributed by atoms with Crippen molar-refractivity contribution in [2.24, 2.45) is 0 Å². The van der Waals surface area contributed by atoms with E-state index in [1.165, 1.54) is 6.92 Å². The third-order valence-corrected chi connectivity index (χ3v) is 2.60. The first kappa shape index (κ1) is 13.6. The average molecular weight is 236 g/mol. The van der Waals surface area contributed by atoms with Gasteiger partial charge in [0.05, 0.1) is 6.10 Å². The van der Waals surface area contributed by atoms with Crippen molar-refractivity contribution in [1.82, 2.24) is 0 Å². The number of rotatable bonds is 5. The Labute approximate surface area is 103 Å². The highest BCUT2D eigenvalue weighted by Gasteiger charge is 2.08.